The Morgan fingerprint density at radius 1 is 0.814 bits per heavy atom. The van der Waals surface area contributed by atoms with Gasteiger partial charge in [-0.25, -0.2) is 0 Å². The Balaban J connectivity index is 1.90. The summed E-state index contributed by atoms with van der Waals surface area (Å²) in [6.45, 7) is 24.3. The number of ether oxygens (including phenoxy) is 2. The fraction of sp³-hybridized carbons (Fsp3) is 0.622. The van der Waals surface area contributed by atoms with Crippen LogP contribution in [0.1, 0.15) is 119 Å². The molecule has 0 fully saturated rings. The zero-order chi connectivity index (χ0) is 32.4. The molecule has 0 radical (unpaired) electrons. The monoisotopic (exact) mass is 602 g/mol. The van der Waals surface area contributed by atoms with E-state index in [-0.39, 0.29) is 33.7 Å². The molecule has 0 aliphatic carbocycles. The highest BCUT2D eigenvalue weighted by atomic mass is 19.4. The maximum Gasteiger partial charge on any atom is 0.573 e. The number of rotatable bonds is 12. The third-order valence-electron chi connectivity index (χ3n) is 8.00. The fourth-order valence-corrected chi connectivity index (χ4v) is 5.97. The molecule has 0 saturated heterocycles. The summed E-state index contributed by atoms with van der Waals surface area (Å²) in [6, 6.07) is 12.9. The molecular weight excluding hydrogens is 549 g/mol. The Morgan fingerprint density at radius 3 is 2.07 bits per heavy atom. The van der Waals surface area contributed by atoms with Gasteiger partial charge in [-0.3, -0.25) is 0 Å². The van der Waals surface area contributed by atoms with Gasteiger partial charge in [0.05, 0.1) is 17.3 Å². The van der Waals surface area contributed by atoms with Gasteiger partial charge in [0.2, 0.25) is 0 Å². The second-order valence-electron chi connectivity index (χ2n) is 15.8. The summed E-state index contributed by atoms with van der Waals surface area (Å²) in [5, 5.41) is 0.827. The smallest absolute Gasteiger partial charge is 0.456 e. The molecule has 2 aromatic carbocycles. The van der Waals surface area contributed by atoms with Crippen LogP contribution in [0.2, 0.25) is 0 Å². The van der Waals surface area contributed by atoms with Crippen molar-refractivity contribution in [3.05, 3.63) is 53.6 Å². The highest BCUT2D eigenvalue weighted by Gasteiger charge is 2.38. The molecule has 0 N–H and O–H groups in total. The SMILES string of the molecule is CCCCCc1ccc(-c2cc3ccc(C(C)(C)CC(C)(C)OC(CC(C)(C)C)C(C)(C)C)cc3o2)c(OC(F)(F)F)c1. The first kappa shape index (κ1) is 35.0. The Morgan fingerprint density at radius 2 is 1.49 bits per heavy atom. The normalized spacial score (nSPS) is 14.4. The predicted octanol–water partition coefficient (Wildman–Crippen LogP) is 12.0. The van der Waals surface area contributed by atoms with Gasteiger partial charge in [0.15, 0.2) is 0 Å². The Bertz CT molecular complexity index is 1350. The van der Waals surface area contributed by atoms with E-state index in [1.807, 2.05) is 18.2 Å². The molecule has 0 amide bonds. The number of hydrogen-bond acceptors (Lipinski definition) is 3. The van der Waals surface area contributed by atoms with E-state index in [4.69, 9.17) is 9.15 Å². The maximum absolute atomic E-state index is 13.4. The summed E-state index contributed by atoms with van der Waals surface area (Å²) in [5.74, 6) is 0.117. The molecule has 240 valence electrons. The van der Waals surface area contributed by atoms with Crippen molar-refractivity contribution in [1.82, 2.24) is 0 Å². The lowest BCUT2D eigenvalue weighted by atomic mass is 9.75. The van der Waals surface area contributed by atoms with Gasteiger partial charge in [0.25, 0.3) is 0 Å². The standard InChI is InChI=1S/C37H53F3O3/c1-12-13-14-15-25-16-19-28(31(20-25)42-37(38,39)40)30-21-26-17-18-27(22-29(26)41-30)35(8,9)24-36(10,11)43-32(34(5,6)7)23-33(2,3)4/h16-22,32H,12-15,23-24H2,1-11H3. The topological polar surface area (TPSA) is 31.6 Å². The molecule has 1 atom stereocenters. The van der Waals surface area contributed by atoms with Gasteiger partial charge in [0, 0.05) is 5.39 Å². The predicted molar refractivity (Wildman–Crippen MR) is 172 cm³/mol. The minimum atomic E-state index is -4.80. The summed E-state index contributed by atoms with van der Waals surface area (Å²) in [7, 11) is 0. The molecule has 0 saturated carbocycles. The number of halogens is 3. The number of benzene rings is 2. The van der Waals surface area contributed by atoms with E-state index in [0.717, 1.165) is 48.6 Å². The van der Waals surface area contributed by atoms with E-state index in [1.54, 1.807) is 12.1 Å². The molecule has 6 heteroatoms. The van der Waals surface area contributed by atoms with Gasteiger partial charge in [-0.15, -0.1) is 13.2 Å². The summed E-state index contributed by atoms with van der Waals surface area (Å²) in [4.78, 5) is 0. The summed E-state index contributed by atoms with van der Waals surface area (Å²) in [5.41, 5.74) is 2.32. The van der Waals surface area contributed by atoms with Crippen molar-refractivity contribution in [3.8, 4) is 17.1 Å². The van der Waals surface area contributed by atoms with Crippen LogP contribution in [0.3, 0.4) is 0 Å². The van der Waals surface area contributed by atoms with E-state index in [1.165, 1.54) is 6.07 Å². The number of unbranched alkanes of at least 4 members (excludes halogenated alkanes) is 2. The lowest BCUT2D eigenvalue weighted by Gasteiger charge is -2.43. The number of aryl methyl sites for hydroxylation is 1. The lowest BCUT2D eigenvalue weighted by molar-refractivity contribution is -0.274. The third-order valence-corrected chi connectivity index (χ3v) is 8.00. The molecule has 1 unspecified atom stereocenters. The number of alkyl halides is 3. The van der Waals surface area contributed by atoms with Crippen molar-refractivity contribution in [3.63, 3.8) is 0 Å². The van der Waals surface area contributed by atoms with Crippen molar-refractivity contribution in [2.75, 3.05) is 0 Å². The Labute approximate surface area is 257 Å². The first-order valence-corrected chi connectivity index (χ1v) is 15.7. The van der Waals surface area contributed by atoms with Crippen molar-refractivity contribution in [2.45, 2.75) is 138 Å². The number of fused-ring (bicyclic) bond motifs is 1. The molecule has 0 aliphatic rings. The van der Waals surface area contributed by atoms with E-state index in [0.29, 0.717) is 17.8 Å². The van der Waals surface area contributed by atoms with Crippen LogP contribution >= 0.6 is 0 Å². The zero-order valence-electron chi connectivity index (χ0n) is 28.2. The Hall–Kier alpha value is -2.47. The van der Waals surface area contributed by atoms with Crippen LogP contribution < -0.4 is 4.74 Å². The highest BCUT2D eigenvalue weighted by molar-refractivity contribution is 5.85. The van der Waals surface area contributed by atoms with Crippen LogP contribution in [0.15, 0.2) is 46.9 Å². The molecular formula is C37H53F3O3. The van der Waals surface area contributed by atoms with Gasteiger partial charge in [-0.05, 0) is 91.2 Å². The van der Waals surface area contributed by atoms with E-state index < -0.39 is 12.0 Å². The van der Waals surface area contributed by atoms with Crippen LogP contribution in [0.4, 0.5) is 13.2 Å². The average molecular weight is 603 g/mol. The van der Waals surface area contributed by atoms with E-state index >= 15 is 0 Å². The summed E-state index contributed by atoms with van der Waals surface area (Å²) < 4.78 is 57.6. The van der Waals surface area contributed by atoms with Crippen LogP contribution in [0.5, 0.6) is 5.75 Å². The van der Waals surface area contributed by atoms with E-state index in [2.05, 4.69) is 87.0 Å². The minimum absolute atomic E-state index is 0.000560. The molecule has 3 aromatic rings. The van der Waals surface area contributed by atoms with Crippen LogP contribution in [-0.2, 0) is 16.6 Å². The first-order chi connectivity index (χ1) is 19.6. The molecule has 0 aliphatic heterocycles. The molecule has 3 nitrogen and oxygen atoms in total. The Kier molecular flexibility index (Phi) is 10.5. The second-order valence-corrected chi connectivity index (χ2v) is 15.8. The molecule has 0 bridgehead atoms. The van der Waals surface area contributed by atoms with Gasteiger partial charge in [0.1, 0.15) is 17.1 Å². The molecule has 0 spiro atoms. The minimum Gasteiger partial charge on any atom is -0.456 e. The number of hydrogen-bond donors (Lipinski definition) is 0. The summed E-state index contributed by atoms with van der Waals surface area (Å²) >= 11 is 0. The molecule has 43 heavy (non-hydrogen) atoms. The van der Waals surface area contributed by atoms with E-state index in [9.17, 15) is 13.2 Å². The molecule has 1 aromatic heterocycles. The maximum atomic E-state index is 13.4. The van der Waals surface area contributed by atoms with Crippen LogP contribution in [0, 0.1) is 10.8 Å². The van der Waals surface area contributed by atoms with Gasteiger partial charge in [-0.1, -0.05) is 93.4 Å². The van der Waals surface area contributed by atoms with Gasteiger partial charge >= 0.3 is 6.36 Å². The van der Waals surface area contributed by atoms with Crippen molar-refractivity contribution >= 4 is 11.0 Å². The second kappa shape index (κ2) is 12.9. The van der Waals surface area contributed by atoms with Crippen molar-refractivity contribution in [1.29, 1.82) is 0 Å². The van der Waals surface area contributed by atoms with Crippen LogP contribution in [-0.4, -0.2) is 18.1 Å². The van der Waals surface area contributed by atoms with Crippen molar-refractivity contribution < 1.29 is 27.1 Å². The van der Waals surface area contributed by atoms with Gasteiger partial charge in [-0.2, -0.15) is 0 Å². The first-order valence-electron chi connectivity index (χ1n) is 15.7. The largest absolute Gasteiger partial charge is 0.573 e. The highest BCUT2D eigenvalue weighted by Crippen LogP contribution is 2.42. The molecule has 3 rings (SSSR count). The summed E-state index contributed by atoms with van der Waals surface area (Å²) in [6.07, 6.45) is 0.721. The third kappa shape index (κ3) is 10.3. The zero-order valence-corrected chi connectivity index (χ0v) is 28.2. The quantitative estimate of drug-likeness (QED) is 0.193. The lowest BCUT2D eigenvalue weighted by Crippen LogP contribution is -2.43. The van der Waals surface area contributed by atoms with Crippen molar-refractivity contribution in [2.24, 2.45) is 10.8 Å². The van der Waals surface area contributed by atoms with Crippen LogP contribution in [0.25, 0.3) is 22.3 Å². The average Bonchev–Trinajstić information content (AvgIpc) is 3.24. The fourth-order valence-electron chi connectivity index (χ4n) is 5.97. The molecule has 1 heterocycles. The number of furan rings is 1. The van der Waals surface area contributed by atoms with Gasteiger partial charge < -0.3 is 13.9 Å².